The average Bonchev–Trinajstić information content (AvgIpc) is 2.30. The van der Waals surface area contributed by atoms with E-state index in [9.17, 15) is 20.0 Å². The summed E-state index contributed by atoms with van der Waals surface area (Å²) in [4.78, 5) is 21.6. The second-order valence-electron chi connectivity index (χ2n) is 5.94. The molecule has 0 saturated heterocycles. The number of non-ortho nitro benzene ring substituents is 1. The van der Waals surface area contributed by atoms with Crippen molar-refractivity contribution in [2.75, 3.05) is 5.32 Å². The molecule has 0 fully saturated rings. The fourth-order valence-electron chi connectivity index (χ4n) is 1.66. The lowest BCUT2D eigenvalue weighted by Crippen LogP contribution is -2.50. The molecule has 0 amide bonds. The molecule has 0 aliphatic carbocycles. The van der Waals surface area contributed by atoms with E-state index >= 15 is 0 Å². The number of nitro benzene ring substituents is 1. The fourth-order valence-corrected chi connectivity index (χ4v) is 1.66. The number of carbonyl (C=O) groups is 1. The second-order valence-corrected chi connectivity index (χ2v) is 5.94. The summed E-state index contributed by atoms with van der Waals surface area (Å²) in [6.07, 6.45) is 0. The Kier molecular flexibility index (Phi) is 4.07. The zero-order valence-electron chi connectivity index (χ0n) is 12.4. The maximum Gasteiger partial charge on any atom is 0.311 e. The van der Waals surface area contributed by atoms with Gasteiger partial charge in [0.15, 0.2) is 0 Å². The van der Waals surface area contributed by atoms with Crippen LogP contribution in [0.25, 0.3) is 0 Å². The third-order valence-electron chi connectivity index (χ3n) is 3.97. The van der Waals surface area contributed by atoms with Crippen molar-refractivity contribution in [1.29, 1.82) is 0 Å². The summed E-state index contributed by atoms with van der Waals surface area (Å²) in [5.74, 6) is -0.908. The maximum absolute atomic E-state index is 11.4. The van der Waals surface area contributed by atoms with Crippen LogP contribution in [0.5, 0.6) is 0 Å². The summed E-state index contributed by atoms with van der Waals surface area (Å²) in [5.41, 5.74) is -0.312. The third-order valence-corrected chi connectivity index (χ3v) is 3.97. The van der Waals surface area contributed by atoms with E-state index in [1.54, 1.807) is 40.7 Å². The van der Waals surface area contributed by atoms with Gasteiger partial charge in [-0.3, -0.25) is 14.9 Å². The van der Waals surface area contributed by atoms with Gasteiger partial charge in [0.05, 0.1) is 10.3 Å². The van der Waals surface area contributed by atoms with E-state index in [1.807, 2.05) is 0 Å². The van der Waals surface area contributed by atoms with Crippen molar-refractivity contribution in [2.45, 2.75) is 40.2 Å². The highest BCUT2D eigenvalue weighted by Gasteiger charge is 2.43. The van der Waals surface area contributed by atoms with Gasteiger partial charge in [0.1, 0.15) is 0 Å². The monoisotopic (exact) mass is 280 g/mol. The Morgan fingerprint density at radius 1 is 1.30 bits per heavy atom. The standard InChI is InChI=1S/C14H20N2O4/c1-9-8-10(16(19)20)6-7-11(9)15-14(4,5)13(2,3)12(17)18/h6-8,15H,1-5H3,(H,17,18). The number of nitro groups is 1. The summed E-state index contributed by atoms with van der Waals surface area (Å²) in [7, 11) is 0. The summed E-state index contributed by atoms with van der Waals surface area (Å²) in [6, 6.07) is 4.47. The number of nitrogens with zero attached hydrogens (tertiary/aromatic N) is 1. The van der Waals surface area contributed by atoms with Crippen LogP contribution in [-0.4, -0.2) is 21.5 Å². The van der Waals surface area contributed by atoms with Crippen LogP contribution in [0, 0.1) is 22.5 Å². The molecule has 0 unspecified atom stereocenters. The predicted molar refractivity (Wildman–Crippen MR) is 77.0 cm³/mol. The minimum Gasteiger partial charge on any atom is -0.481 e. The van der Waals surface area contributed by atoms with Gasteiger partial charge in [-0.2, -0.15) is 0 Å². The van der Waals surface area contributed by atoms with Crippen LogP contribution in [0.1, 0.15) is 33.3 Å². The highest BCUT2D eigenvalue weighted by Crippen LogP contribution is 2.35. The van der Waals surface area contributed by atoms with Gasteiger partial charge in [0.25, 0.3) is 5.69 Å². The number of rotatable bonds is 5. The van der Waals surface area contributed by atoms with Crippen LogP contribution < -0.4 is 5.32 Å². The van der Waals surface area contributed by atoms with Crippen molar-refractivity contribution in [3.8, 4) is 0 Å². The van der Waals surface area contributed by atoms with Gasteiger partial charge in [0.2, 0.25) is 0 Å². The van der Waals surface area contributed by atoms with Crippen LogP contribution in [-0.2, 0) is 4.79 Å². The van der Waals surface area contributed by atoms with Crippen LogP contribution in [0.2, 0.25) is 0 Å². The van der Waals surface area contributed by atoms with Gasteiger partial charge < -0.3 is 10.4 Å². The second kappa shape index (κ2) is 5.11. The van der Waals surface area contributed by atoms with Crippen molar-refractivity contribution >= 4 is 17.3 Å². The van der Waals surface area contributed by atoms with Crippen LogP contribution >= 0.6 is 0 Å². The number of anilines is 1. The van der Waals surface area contributed by atoms with Crippen molar-refractivity contribution in [2.24, 2.45) is 5.41 Å². The van der Waals surface area contributed by atoms with Crippen molar-refractivity contribution < 1.29 is 14.8 Å². The Labute approximate surface area is 118 Å². The molecule has 6 nitrogen and oxygen atoms in total. The van der Waals surface area contributed by atoms with E-state index in [2.05, 4.69) is 5.32 Å². The largest absolute Gasteiger partial charge is 0.481 e. The molecule has 110 valence electrons. The molecule has 0 aliphatic heterocycles. The lowest BCUT2D eigenvalue weighted by molar-refractivity contribution is -0.384. The zero-order valence-corrected chi connectivity index (χ0v) is 12.4. The molecule has 0 bridgehead atoms. The number of hydrogen-bond acceptors (Lipinski definition) is 4. The molecule has 1 aromatic carbocycles. The SMILES string of the molecule is Cc1cc([N+](=O)[O-])ccc1NC(C)(C)C(C)(C)C(=O)O. The number of benzene rings is 1. The first-order chi connectivity index (χ1) is 8.99. The van der Waals surface area contributed by atoms with E-state index in [4.69, 9.17) is 0 Å². The molecule has 1 rings (SSSR count). The number of carboxylic acids is 1. The molecular weight excluding hydrogens is 260 g/mol. The van der Waals surface area contributed by atoms with Crippen molar-refractivity contribution in [3.05, 3.63) is 33.9 Å². The minimum atomic E-state index is -0.999. The van der Waals surface area contributed by atoms with Gasteiger partial charge in [-0.25, -0.2) is 0 Å². The highest BCUT2D eigenvalue weighted by molar-refractivity contribution is 5.76. The number of aryl methyl sites for hydroxylation is 1. The Balaban J connectivity index is 3.10. The van der Waals surface area contributed by atoms with Gasteiger partial charge in [-0.05, 0) is 46.2 Å². The van der Waals surface area contributed by atoms with Gasteiger partial charge in [-0.1, -0.05) is 0 Å². The van der Waals surface area contributed by atoms with E-state index in [-0.39, 0.29) is 5.69 Å². The zero-order chi connectivity index (χ0) is 15.7. The number of hydrogen-bond donors (Lipinski definition) is 2. The van der Waals surface area contributed by atoms with Crippen molar-refractivity contribution in [3.63, 3.8) is 0 Å². The molecule has 0 radical (unpaired) electrons. The average molecular weight is 280 g/mol. The molecule has 0 aromatic heterocycles. The normalized spacial score (nSPS) is 12.1. The summed E-state index contributed by atoms with van der Waals surface area (Å²) < 4.78 is 0. The first-order valence-corrected chi connectivity index (χ1v) is 6.25. The molecule has 0 aliphatic rings. The van der Waals surface area contributed by atoms with Crippen LogP contribution in [0.15, 0.2) is 18.2 Å². The topological polar surface area (TPSA) is 92.5 Å². The summed E-state index contributed by atoms with van der Waals surface area (Å²) in [6.45, 7) is 8.62. The molecule has 0 heterocycles. The number of aliphatic carboxylic acids is 1. The van der Waals surface area contributed by atoms with Gasteiger partial charge in [-0.15, -0.1) is 0 Å². The molecular formula is C14H20N2O4. The van der Waals surface area contributed by atoms with E-state index in [0.29, 0.717) is 11.3 Å². The lowest BCUT2D eigenvalue weighted by Gasteiger charge is -2.40. The van der Waals surface area contributed by atoms with Gasteiger partial charge in [0, 0.05) is 23.4 Å². The van der Waals surface area contributed by atoms with Gasteiger partial charge >= 0.3 is 5.97 Å². The predicted octanol–water partition coefficient (Wildman–Crippen LogP) is 3.20. The van der Waals surface area contributed by atoms with Crippen molar-refractivity contribution in [1.82, 2.24) is 0 Å². The lowest BCUT2D eigenvalue weighted by atomic mass is 9.74. The van der Waals surface area contributed by atoms with E-state index in [1.165, 1.54) is 12.1 Å². The fraction of sp³-hybridized carbons (Fsp3) is 0.500. The number of nitrogens with one attached hydrogen (secondary N) is 1. The molecule has 2 N–H and O–H groups in total. The molecule has 0 saturated carbocycles. The first-order valence-electron chi connectivity index (χ1n) is 6.25. The Bertz CT molecular complexity index is 550. The molecule has 1 aromatic rings. The molecule has 20 heavy (non-hydrogen) atoms. The molecule has 6 heteroatoms. The molecule has 0 atom stereocenters. The van der Waals surface area contributed by atoms with Crippen LogP contribution in [0.3, 0.4) is 0 Å². The number of carboxylic acid groups (broad SMARTS) is 1. The van der Waals surface area contributed by atoms with E-state index in [0.717, 1.165) is 0 Å². The Morgan fingerprint density at radius 3 is 2.25 bits per heavy atom. The third kappa shape index (κ3) is 2.89. The Hall–Kier alpha value is -2.11. The van der Waals surface area contributed by atoms with Crippen LogP contribution in [0.4, 0.5) is 11.4 Å². The maximum atomic E-state index is 11.4. The smallest absolute Gasteiger partial charge is 0.311 e. The first kappa shape index (κ1) is 15.9. The summed E-state index contributed by atoms with van der Waals surface area (Å²) >= 11 is 0. The summed E-state index contributed by atoms with van der Waals surface area (Å²) in [5, 5.41) is 23.2. The Morgan fingerprint density at radius 2 is 1.85 bits per heavy atom. The minimum absolute atomic E-state index is 0.0170. The molecule has 0 spiro atoms. The highest BCUT2D eigenvalue weighted by atomic mass is 16.6. The van der Waals surface area contributed by atoms with E-state index < -0.39 is 21.8 Å². The quantitative estimate of drug-likeness (QED) is 0.638.